The van der Waals surface area contributed by atoms with Crippen LogP contribution in [0.1, 0.15) is 10.4 Å². The Hall–Kier alpha value is -2.38. The molecular formula is C19H21BrN4O2. The molecule has 2 aromatic carbocycles. The maximum absolute atomic E-state index is 12.3. The van der Waals surface area contributed by atoms with Crippen molar-refractivity contribution in [1.82, 2.24) is 4.90 Å². The molecule has 1 aliphatic heterocycles. The number of carbonyl (C=O) groups excluding carboxylic acids is 2. The summed E-state index contributed by atoms with van der Waals surface area (Å²) in [6.07, 6.45) is 0. The second kappa shape index (κ2) is 8.33. The van der Waals surface area contributed by atoms with E-state index in [4.69, 9.17) is 5.73 Å². The Morgan fingerprint density at radius 1 is 1.00 bits per heavy atom. The van der Waals surface area contributed by atoms with Crippen molar-refractivity contribution in [3.8, 4) is 0 Å². The van der Waals surface area contributed by atoms with Gasteiger partial charge in [-0.3, -0.25) is 14.5 Å². The molecule has 0 aliphatic carbocycles. The third-order valence-corrected chi connectivity index (χ3v) is 5.10. The van der Waals surface area contributed by atoms with Crippen LogP contribution in [0.5, 0.6) is 0 Å². The Morgan fingerprint density at radius 3 is 2.27 bits per heavy atom. The van der Waals surface area contributed by atoms with Crippen LogP contribution in [-0.4, -0.2) is 49.4 Å². The average Bonchev–Trinajstić information content (AvgIpc) is 2.64. The van der Waals surface area contributed by atoms with E-state index in [1.54, 1.807) is 12.1 Å². The van der Waals surface area contributed by atoms with Gasteiger partial charge in [0.15, 0.2) is 0 Å². The third kappa shape index (κ3) is 4.62. The summed E-state index contributed by atoms with van der Waals surface area (Å²) in [7, 11) is 0. The zero-order valence-electron chi connectivity index (χ0n) is 14.3. The molecule has 0 saturated carbocycles. The number of rotatable bonds is 5. The van der Waals surface area contributed by atoms with Gasteiger partial charge < -0.3 is 16.0 Å². The molecule has 0 spiro atoms. The monoisotopic (exact) mass is 416 g/mol. The molecule has 3 N–H and O–H groups in total. The van der Waals surface area contributed by atoms with Crippen LogP contribution in [0.2, 0.25) is 0 Å². The first kappa shape index (κ1) is 18.4. The summed E-state index contributed by atoms with van der Waals surface area (Å²) in [4.78, 5) is 27.8. The first-order valence-corrected chi connectivity index (χ1v) is 9.24. The van der Waals surface area contributed by atoms with E-state index in [0.29, 0.717) is 12.1 Å². The van der Waals surface area contributed by atoms with Crippen molar-refractivity contribution in [2.24, 2.45) is 5.73 Å². The van der Waals surface area contributed by atoms with Gasteiger partial charge in [0.25, 0.3) is 0 Å². The predicted octanol–water partition coefficient (Wildman–Crippen LogP) is 2.31. The van der Waals surface area contributed by atoms with Gasteiger partial charge in [0.2, 0.25) is 11.8 Å². The molecule has 136 valence electrons. The summed E-state index contributed by atoms with van der Waals surface area (Å²) in [5.41, 5.74) is 7.63. The highest BCUT2D eigenvalue weighted by molar-refractivity contribution is 9.10. The fourth-order valence-corrected chi connectivity index (χ4v) is 3.34. The number of nitrogens with two attached hydrogens (primary N) is 1. The molecule has 0 unspecified atom stereocenters. The van der Waals surface area contributed by atoms with Gasteiger partial charge in [-0.15, -0.1) is 0 Å². The molecule has 2 aromatic rings. The average molecular weight is 417 g/mol. The van der Waals surface area contributed by atoms with E-state index in [1.165, 1.54) is 0 Å². The SMILES string of the molecule is NC(=O)c1ccc(N2CCN(CC(=O)Nc3ccccc3Br)CC2)cc1. The van der Waals surface area contributed by atoms with Crippen LogP contribution >= 0.6 is 15.9 Å². The maximum atomic E-state index is 12.3. The highest BCUT2D eigenvalue weighted by atomic mass is 79.9. The van der Waals surface area contributed by atoms with Gasteiger partial charge in [0, 0.05) is 41.9 Å². The van der Waals surface area contributed by atoms with Crippen molar-refractivity contribution < 1.29 is 9.59 Å². The van der Waals surface area contributed by atoms with Crippen LogP contribution in [0.3, 0.4) is 0 Å². The molecule has 6 nitrogen and oxygen atoms in total. The third-order valence-electron chi connectivity index (χ3n) is 4.40. The smallest absolute Gasteiger partial charge is 0.248 e. The lowest BCUT2D eigenvalue weighted by molar-refractivity contribution is -0.117. The highest BCUT2D eigenvalue weighted by Gasteiger charge is 2.19. The van der Waals surface area contributed by atoms with Crippen LogP contribution in [0.15, 0.2) is 53.0 Å². The van der Waals surface area contributed by atoms with E-state index in [1.807, 2.05) is 36.4 Å². The first-order valence-electron chi connectivity index (χ1n) is 8.44. The minimum absolute atomic E-state index is 0.0174. The molecule has 0 bridgehead atoms. The molecule has 7 heteroatoms. The molecule has 0 aromatic heterocycles. The zero-order chi connectivity index (χ0) is 18.5. The molecule has 1 fully saturated rings. The standard InChI is InChI=1S/C19H21BrN4O2/c20-16-3-1-2-4-17(16)22-18(25)13-23-9-11-24(12-10-23)15-7-5-14(6-8-15)19(21)26/h1-8H,9-13H2,(H2,21,26)(H,22,25). The second-order valence-corrected chi connectivity index (χ2v) is 7.06. The Kier molecular flexibility index (Phi) is 5.90. The lowest BCUT2D eigenvalue weighted by Crippen LogP contribution is -2.48. The summed E-state index contributed by atoms with van der Waals surface area (Å²) >= 11 is 3.43. The molecule has 0 atom stereocenters. The van der Waals surface area contributed by atoms with Gasteiger partial charge >= 0.3 is 0 Å². The van der Waals surface area contributed by atoms with Gasteiger partial charge in [-0.2, -0.15) is 0 Å². The van der Waals surface area contributed by atoms with Crippen LogP contribution in [0.25, 0.3) is 0 Å². The summed E-state index contributed by atoms with van der Waals surface area (Å²) in [6, 6.07) is 14.9. The van der Waals surface area contributed by atoms with Gasteiger partial charge in [-0.25, -0.2) is 0 Å². The van der Waals surface area contributed by atoms with Crippen molar-refractivity contribution in [1.29, 1.82) is 0 Å². The number of anilines is 2. The van der Waals surface area contributed by atoms with E-state index in [-0.39, 0.29) is 5.91 Å². The summed E-state index contributed by atoms with van der Waals surface area (Å²) in [6.45, 7) is 3.65. The van der Waals surface area contributed by atoms with E-state index in [9.17, 15) is 9.59 Å². The molecule has 26 heavy (non-hydrogen) atoms. The number of halogens is 1. The normalized spacial score (nSPS) is 14.9. The lowest BCUT2D eigenvalue weighted by Gasteiger charge is -2.35. The number of para-hydroxylation sites is 1. The molecule has 1 aliphatic rings. The number of piperazine rings is 1. The molecule has 0 radical (unpaired) electrons. The molecule has 1 saturated heterocycles. The number of carbonyl (C=O) groups is 2. The van der Waals surface area contributed by atoms with E-state index in [2.05, 4.69) is 31.0 Å². The second-order valence-electron chi connectivity index (χ2n) is 6.20. The summed E-state index contributed by atoms with van der Waals surface area (Å²) < 4.78 is 0.873. The number of nitrogens with one attached hydrogen (secondary N) is 1. The highest BCUT2D eigenvalue weighted by Crippen LogP contribution is 2.21. The van der Waals surface area contributed by atoms with Crippen LogP contribution in [0.4, 0.5) is 11.4 Å². The maximum Gasteiger partial charge on any atom is 0.248 e. The van der Waals surface area contributed by atoms with Gasteiger partial charge in [-0.05, 0) is 52.3 Å². The number of hydrogen-bond donors (Lipinski definition) is 2. The minimum Gasteiger partial charge on any atom is -0.369 e. The lowest BCUT2D eigenvalue weighted by atomic mass is 10.1. The van der Waals surface area contributed by atoms with E-state index < -0.39 is 5.91 Å². The zero-order valence-corrected chi connectivity index (χ0v) is 15.9. The number of primary amides is 1. The predicted molar refractivity (Wildman–Crippen MR) is 106 cm³/mol. The van der Waals surface area contributed by atoms with Crippen LogP contribution in [0, 0.1) is 0 Å². The number of benzene rings is 2. The topological polar surface area (TPSA) is 78.7 Å². The van der Waals surface area contributed by atoms with Crippen molar-refractivity contribution >= 4 is 39.1 Å². The fourth-order valence-electron chi connectivity index (χ4n) is 2.96. The largest absolute Gasteiger partial charge is 0.369 e. The van der Waals surface area contributed by atoms with Crippen molar-refractivity contribution in [3.05, 3.63) is 58.6 Å². The van der Waals surface area contributed by atoms with Gasteiger partial charge in [0.05, 0.1) is 12.2 Å². The molecule has 2 amide bonds. The quantitative estimate of drug-likeness (QED) is 0.783. The van der Waals surface area contributed by atoms with Crippen LogP contribution < -0.4 is 16.0 Å². The van der Waals surface area contributed by atoms with Crippen molar-refractivity contribution in [3.63, 3.8) is 0 Å². The summed E-state index contributed by atoms with van der Waals surface area (Å²) in [5, 5.41) is 2.93. The number of nitrogens with zero attached hydrogens (tertiary/aromatic N) is 2. The van der Waals surface area contributed by atoms with E-state index >= 15 is 0 Å². The molecule has 1 heterocycles. The Bertz CT molecular complexity index is 786. The van der Waals surface area contributed by atoms with Gasteiger partial charge in [-0.1, -0.05) is 12.1 Å². The van der Waals surface area contributed by atoms with Gasteiger partial charge in [0.1, 0.15) is 0 Å². The Morgan fingerprint density at radius 2 is 1.65 bits per heavy atom. The van der Waals surface area contributed by atoms with Crippen molar-refractivity contribution in [2.75, 3.05) is 42.9 Å². The van der Waals surface area contributed by atoms with Crippen molar-refractivity contribution in [2.45, 2.75) is 0 Å². The fraction of sp³-hybridized carbons (Fsp3) is 0.263. The molecular weight excluding hydrogens is 396 g/mol. The van der Waals surface area contributed by atoms with E-state index in [0.717, 1.165) is 42.0 Å². The van der Waals surface area contributed by atoms with Crippen LogP contribution in [-0.2, 0) is 4.79 Å². The summed E-state index contributed by atoms with van der Waals surface area (Å²) in [5.74, 6) is -0.436. The number of amides is 2. The Labute approximate surface area is 161 Å². The first-order chi connectivity index (χ1) is 12.5. The Balaban J connectivity index is 1.49. The molecule has 3 rings (SSSR count). The number of hydrogen-bond acceptors (Lipinski definition) is 4. The minimum atomic E-state index is -0.419.